The van der Waals surface area contributed by atoms with Crippen LogP contribution >= 0.6 is 0 Å². The van der Waals surface area contributed by atoms with Crippen LogP contribution in [0.5, 0.6) is 11.5 Å². The fourth-order valence-corrected chi connectivity index (χ4v) is 3.19. The van der Waals surface area contributed by atoms with Gasteiger partial charge in [0.05, 0.1) is 26.5 Å². The zero-order valence-electron chi connectivity index (χ0n) is 18.8. The van der Waals surface area contributed by atoms with Gasteiger partial charge in [-0.15, -0.1) is 0 Å². The van der Waals surface area contributed by atoms with Crippen molar-refractivity contribution < 1.29 is 9.47 Å². The van der Waals surface area contributed by atoms with Crippen molar-refractivity contribution in [2.24, 2.45) is 4.99 Å². The molecule has 0 aliphatic rings. The van der Waals surface area contributed by atoms with Crippen LogP contribution in [0.2, 0.25) is 0 Å². The predicted octanol–water partition coefficient (Wildman–Crippen LogP) is 3.16. The number of ether oxygens (including phenoxy) is 2. The van der Waals surface area contributed by atoms with E-state index in [9.17, 15) is 0 Å². The van der Waals surface area contributed by atoms with E-state index in [4.69, 9.17) is 9.47 Å². The fourth-order valence-electron chi connectivity index (χ4n) is 3.19. The molecule has 8 nitrogen and oxygen atoms in total. The summed E-state index contributed by atoms with van der Waals surface area (Å²) in [6.07, 6.45) is 1.84. The third-order valence-corrected chi connectivity index (χ3v) is 4.74. The molecule has 1 aromatic carbocycles. The van der Waals surface area contributed by atoms with Gasteiger partial charge in [-0.3, -0.25) is 0 Å². The number of aryl methyl sites for hydroxylation is 2. The van der Waals surface area contributed by atoms with Crippen LogP contribution in [-0.4, -0.2) is 41.5 Å². The highest BCUT2D eigenvalue weighted by Crippen LogP contribution is 2.24. The maximum Gasteiger partial charge on any atom is 0.191 e. The average Bonchev–Trinajstić information content (AvgIpc) is 3.13. The second-order valence-corrected chi connectivity index (χ2v) is 7.09. The Labute approximate surface area is 183 Å². The van der Waals surface area contributed by atoms with Gasteiger partial charge in [0.2, 0.25) is 0 Å². The van der Waals surface area contributed by atoms with Crippen LogP contribution in [0, 0.1) is 13.8 Å². The Kier molecular flexibility index (Phi) is 7.48. The van der Waals surface area contributed by atoms with Crippen molar-refractivity contribution in [3.63, 3.8) is 0 Å². The molecule has 0 amide bonds. The summed E-state index contributed by atoms with van der Waals surface area (Å²) >= 11 is 0. The molecule has 164 valence electrons. The summed E-state index contributed by atoms with van der Waals surface area (Å²) in [6.45, 7) is 7.89. The van der Waals surface area contributed by atoms with E-state index in [1.165, 1.54) is 0 Å². The lowest BCUT2D eigenvalue weighted by Crippen LogP contribution is -2.36. The number of nitrogens with one attached hydrogen (secondary N) is 2. The van der Waals surface area contributed by atoms with E-state index in [1.807, 2.05) is 68.0 Å². The van der Waals surface area contributed by atoms with Gasteiger partial charge in [-0.05, 0) is 50.6 Å². The summed E-state index contributed by atoms with van der Waals surface area (Å²) in [4.78, 5) is 9.22. The van der Waals surface area contributed by atoms with Gasteiger partial charge in [-0.2, -0.15) is 5.10 Å². The average molecular weight is 423 g/mol. The molecule has 0 unspecified atom stereocenters. The van der Waals surface area contributed by atoms with E-state index < -0.39 is 0 Å². The number of methoxy groups -OCH3 is 2. The Bertz CT molecular complexity index is 1030. The summed E-state index contributed by atoms with van der Waals surface area (Å²) in [5, 5.41) is 11.1. The lowest BCUT2D eigenvalue weighted by atomic mass is 10.2. The van der Waals surface area contributed by atoms with Crippen LogP contribution < -0.4 is 20.1 Å². The normalized spacial score (nSPS) is 11.3. The molecule has 3 aromatic rings. The lowest BCUT2D eigenvalue weighted by molar-refractivity contribution is 0.390. The van der Waals surface area contributed by atoms with E-state index in [1.54, 1.807) is 14.2 Å². The second-order valence-electron chi connectivity index (χ2n) is 7.09. The van der Waals surface area contributed by atoms with E-state index in [0.29, 0.717) is 13.1 Å². The molecule has 0 atom stereocenters. The molecule has 0 fully saturated rings. The van der Waals surface area contributed by atoms with Gasteiger partial charge in [0, 0.05) is 36.6 Å². The highest BCUT2D eigenvalue weighted by atomic mass is 16.5. The number of hydrogen-bond donors (Lipinski definition) is 2. The number of aliphatic imine (C=N–C) groups is 1. The summed E-state index contributed by atoms with van der Waals surface area (Å²) < 4.78 is 12.6. The Morgan fingerprint density at radius 2 is 1.90 bits per heavy atom. The van der Waals surface area contributed by atoms with Crippen molar-refractivity contribution in [1.29, 1.82) is 0 Å². The smallest absolute Gasteiger partial charge is 0.191 e. The van der Waals surface area contributed by atoms with Crippen LogP contribution in [0.4, 0.5) is 0 Å². The highest BCUT2D eigenvalue weighted by Gasteiger charge is 2.07. The molecule has 0 saturated carbocycles. The van der Waals surface area contributed by atoms with Crippen LogP contribution in [0.3, 0.4) is 0 Å². The van der Waals surface area contributed by atoms with Crippen LogP contribution in [0.1, 0.15) is 29.4 Å². The first-order chi connectivity index (χ1) is 15.0. The zero-order chi connectivity index (χ0) is 22.2. The Hall–Kier alpha value is -3.55. The first-order valence-electron chi connectivity index (χ1n) is 10.3. The zero-order valence-corrected chi connectivity index (χ0v) is 18.8. The molecular formula is C23H30N6O2. The van der Waals surface area contributed by atoms with Crippen LogP contribution in [0.25, 0.3) is 5.82 Å². The SMILES string of the molecule is CCNC(=NCc1ccc(-n2nc(C)cc2C)nc1)NCc1ccc(OC)cc1OC. The fraction of sp³-hybridized carbons (Fsp3) is 0.348. The van der Waals surface area contributed by atoms with Gasteiger partial charge in [0.25, 0.3) is 0 Å². The van der Waals surface area contributed by atoms with Gasteiger partial charge in [-0.1, -0.05) is 6.07 Å². The first-order valence-corrected chi connectivity index (χ1v) is 10.3. The molecule has 8 heteroatoms. The first kappa shape index (κ1) is 22.1. The van der Waals surface area contributed by atoms with Gasteiger partial charge in [0.15, 0.2) is 11.8 Å². The quantitative estimate of drug-likeness (QED) is 0.428. The second kappa shape index (κ2) is 10.5. The van der Waals surface area contributed by atoms with E-state index in [-0.39, 0.29) is 0 Å². The third kappa shape index (κ3) is 5.75. The number of aromatic nitrogens is 3. The molecule has 2 N–H and O–H groups in total. The van der Waals surface area contributed by atoms with Crippen molar-refractivity contribution in [2.45, 2.75) is 33.9 Å². The van der Waals surface area contributed by atoms with E-state index in [2.05, 4.69) is 25.7 Å². The Balaban J connectivity index is 1.66. The van der Waals surface area contributed by atoms with Crippen molar-refractivity contribution in [2.75, 3.05) is 20.8 Å². The Morgan fingerprint density at radius 3 is 2.52 bits per heavy atom. The number of guanidine groups is 1. The third-order valence-electron chi connectivity index (χ3n) is 4.74. The van der Waals surface area contributed by atoms with Crippen LogP contribution in [-0.2, 0) is 13.1 Å². The number of pyridine rings is 1. The monoisotopic (exact) mass is 422 g/mol. The maximum absolute atomic E-state index is 5.47. The highest BCUT2D eigenvalue weighted by molar-refractivity contribution is 5.79. The summed E-state index contributed by atoms with van der Waals surface area (Å²) in [5.74, 6) is 3.06. The molecule has 2 heterocycles. The molecule has 0 aliphatic carbocycles. The number of rotatable bonds is 8. The molecule has 0 spiro atoms. The van der Waals surface area contributed by atoms with Crippen molar-refractivity contribution >= 4 is 5.96 Å². The van der Waals surface area contributed by atoms with Gasteiger partial charge < -0.3 is 20.1 Å². The molecule has 0 bridgehead atoms. The van der Waals surface area contributed by atoms with Gasteiger partial charge in [0.1, 0.15) is 11.5 Å². The number of benzene rings is 1. The minimum Gasteiger partial charge on any atom is -0.497 e. The molecule has 0 saturated heterocycles. The standard InChI is InChI=1S/C23H30N6O2/c1-6-24-23(27-15-19-8-9-20(30-4)12-21(19)31-5)26-14-18-7-10-22(25-13-18)29-17(3)11-16(2)28-29/h7-13H,6,14-15H2,1-5H3,(H2,24,26,27). The Morgan fingerprint density at radius 1 is 1.06 bits per heavy atom. The lowest BCUT2D eigenvalue weighted by Gasteiger charge is -2.14. The van der Waals surface area contributed by atoms with Crippen molar-refractivity contribution in [3.8, 4) is 17.3 Å². The number of hydrogen-bond acceptors (Lipinski definition) is 5. The summed E-state index contributed by atoms with van der Waals surface area (Å²) in [7, 11) is 3.29. The van der Waals surface area contributed by atoms with Crippen LogP contribution in [0.15, 0.2) is 47.6 Å². The maximum atomic E-state index is 5.47. The molecule has 3 rings (SSSR count). The number of nitrogens with zero attached hydrogens (tertiary/aromatic N) is 4. The van der Waals surface area contributed by atoms with E-state index >= 15 is 0 Å². The van der Waals surface area contributed by atoms with Gasteiger partial charge in [-0.25, -0.2) is 14.7 Å². The molecule has 0 radical (unpaired) electrons. The summed E-state index contributed by atoms with van der Waals surface area (Å²) in [6, 6.07) is 11.8. The topological polar surface area (TPSA) is 85.6 Å². The summed E-state index contributed by atoms with van der Waals surface area (Å²) in [5.41, 5.74) is 4.07. The van der Waals surface area contributed by atoms with Gasteiger partial charge >= 0.3 is 0 Å². The molecule has 31 heavy (non-hydrogen) atoms. The molecular weight excluding hydrogens is 392 g/mol. The van der Waals surface area contributed by atoms with Crippen molar-refractivity contribution in [1.82, 2.24) is 25.4 Å². The largest absolute Gasteiger partial charge is 0.497 e. The predicted molar refractivity (Wildman–Crippen MR) is 122 cm³/mol. The minimum absolute atomic E-state index is 0.513. The molecule has 2 aromatic heterocycles. The van der Waals surface area contributed by atoms with Crippen molar-refractivity contribution in [3.05, 3.63) is 65.1 Å². The molecule has 0 aliphatic heterocycles. The van der Waals surface area contributed by atoms with E-state index in [0.717, 1.165) is 52.3 Å². The minimum atomic E-state index is 0.513.